The highest BCUT2D eigenvalue weighted by molar-refractivity contribution is 5.75. The first kappa shape index (κ1) is 17.5. The van der Waals surface area contributed by atoms with Gasteiger partial charge < -0.3 is 14.9 Å². The second-order valence-electron chi connectivity index (χ2n) is 5.60. The van der Waals surface area contributed by atoms with E-state index in [1.54, 1.807) is 0 Å². The Bertz CT molecular complexity index is 645. The van der Waals surface area contributed by atoms with E-state index < -0.39 is 58.6 Å². The summed E-state index contributed by atoms with van der Waals surface area (Å²) in [5.41, 5.74) is -3.25. The van der Waals surface area contributed by atoms with E-state index in [4.69, 9.17) is 9.84 Å². The maximum atomic E-state index is 13.5. The lowest BCUT2D eigenvalue weighted by Crippen LogP contribution is -2.47. The largest absolute Gasteiger partial charge is 0.505 e. The van der Waals surface area contributed by atoms with Gasteiger partial charge in [0.05, 0.1) is 0 Å². The van der Waals surface area contributed by atoms with Gasteiger partial charge in [-0.1, -0.05) is 13.0 Å². The molecule has 2 unspecified atom stereocenters. The molecule has 0 bridgehead atoms. The number of alkyl halides is 3. The maximum Gasteiger partial charge on any atom is 0.417 e. The van der Waals surface area contributed by atoms with Crippen LogP contribution in [0.5, 0.6) is 5.75 Å². The number of hydrogen-bond acceptors (Lipinski definition) is 3. The van der Waals surface area contributed by atoms with Gasteiger partial charge >= 0.3 is 12.1 Å². The van der Waals surface area contributed by atoms with Gasteiger partial charge in [-0.2, -0.15) is 17.6 Å². The highest BCUT2D eigenvalue weighted by Gasteiger charge is 2.66. The molecule has 0 radical (unpaired) electrons. The van der Waals surface area contributed by atoms with Gasteiger partial charge in [0.15, 0.2) is 23.3 Å². The lowest BCUT2D eigenvalue weighted by Gasteiger charge is -2.31. The number of ether oxygens (including phenoxy) is 1. The molecule has 1 saturated heterocycles. The van der Waals surface area contributed by atoms with Crippen molar-refractivity contribution in [2.75, 3.05) is 0 Å². The lowest BCUT2D eigenvalue weighted by atomic mass is 9.77. The Morgan fingerprint density at radius 2 is 1.87 bits per heavy atom. The number of carbonyl (C=O) groups is 1. The molecule has 0 aromatic heterocycles. The van der Waals surface area contributed by atoms with Crippen molar-refractivity contribution in [3.8, 4) is 5.75 Å². The molecule has 1 heterocycles. The van der Waals surface area contributed by atoms with Crippen molar-refractivity contribution < 1.29 is 41.7 Å². The van der Waals surface area contributed by atoms with Crippen LogP contribution in [0.25, 0.3) is 0 Å². The fraction of sp³-hybridized carbons (Fsp3) is 0.500. The maximum absolute atomic E-state index is 13.5. The number of aliphatic carboxylic acids is 1. The van der Waals surface area contributed by atoms with Crippen molar-refractivity contribution in [3.05, 3.63) is 29.3 Å². The van der Waals surface area contributed by atoms with Crippen molar-refractivity contribution in [2.24, 2.45) is 5.92 Å². The number of rotatable bonds is 2. The monoisotopic (exact) mass is 340 g/mol. The Kier molecular flexibility index (Phi) is 4.04. The minimum atomic E-state index is -4.89. The lowest BCUT2D eigenvalue weighted by molar-refractivity contribution is -0.273. The fourth-order valence-electron chi connectivity index (χ4n) is 2.83. The van der Waals surface area contributed by atoms with Crippen molar-refractivity contribution in [1.29, 1.82) is 0 Å². The van der Waals surface area contributed by atoms with Crippen molar-refractivity contribution in [3.63, 3.8) is 0 Å². The zero-order valence-corrected chi connectivity index (χ0v) is 12.0. The summed E-state index contributed by atoms with van der Waals surface area (Å²) in [4.78, 5) is 11.3. The Hall–Kier alpha value is -1.90. The predicted octanol–water partition coefficient (Wildman–Crippen LogP) is 3.19. The van der Waals surface area contributed by atoms with E-state index in [-0.39, 0.29) is 0 Å². The minimum Gasteiger partial charge on any atom is -0.505 e. The van der Waals surface area contributed by atoms with Crippen LogP contribution in [0.4, 0.5) is 22.0 Å². The number of phenolic OH excluding ortho intramolecular Hbond substituents is 1. The smallest absolute Gasteiger partial charge is 0.417 e. The minimum absolute atomic E-state index is 0.447. The molecule has 2 N–H and O–H groups in total. The molecule has 0 spiro atoms. The second kappa shape index (κ2) is 5.33. The third kappa shape index (κ3) is 2.52. The van der Waals surface area contributed by atoms with E-state index in [1.165, 1.54) is 0 Å². The normalized spacial score (nSPS) is 31.3. The molecule has 0 aliphatic carbocycles. The van der Waals surface area contributed by atoms with Crippen LogP contribution in [0.3, 0.4) is 0 Å². The Morgan fingerprint density at radius 1 is 1.30 bits per heavy atom. The van der Waals surface area contributed by atoms with Gasteiger partial charge in [-0.05, 0) is 13.0 Å². The molecule has 9 heteroatoms. The number of halogens is 5. The highest BCUT2D eigenvalue weighted by atomic mass is 19.4. The van der Waals surface area contributed by atoms with Gasteiger partial charge in [-0.3, -0.25) is 0 Å². The summed E-state index contributed by atoms with van der Waals surface area (Å²) in [5.74, 6) is -8.93. The highest BCUT2D eigenvalue weighted by Crippen LogP contribution is 2.54. The molecule has 4 atom stereocenters. The van der Waals surface area contributed by atoms with Gasteiger partial charge in [0.2, 0.25) is 5.82 Å². The van der Waals surface area contributed by atoms with Crippen LogP contribution >= 0.6 is 0 Å². The molecule has 0 saturated carbocycles. The van der Waals surface area contributed by atoms with Crippen LogP contribution in [-0.2, 0) is 9.53 Å². The first-order valence-corrected chi connectivity index (χ1v) is 6.56. The molecule has 0 amide bonds. The van der Waals surface area contributed by atoms with Gasteiger partial charge in [-0.15, -0.1) is 0 Å². The van der Waals surface area contributed by atoms with Crippen molar-refractivity contribution in [2.45, 2.75) is 37.6 Å². The Balaban J connectivity index is 2.60. The summed E-state index contributed by atoms with van der Waals surface area (Å²) >= 11 is 0. The zero-order chi connectivity index (χ0) is 17.7. The SMILES string of the molecule is C[C@H]1C(c2ccc(F)c(F)c2O)C(C(=O)O)O[C@@]1(C)C(F)(F)F. The summed E-state index contributed by atoms with van der Waals surface area (Å²) in [6.45, 7) is 1.77. The van der Waals surface area contributed by atoms with Gasteiger partial charge in [-0.25, -0.2) is 9.18 Å². The predicted molar refractivity (Wildman–Crippen MR) is 66.9 cm³/mol. The molecule has 1 aromatic carbocycles. The molecular weight excluding hydrogens is 327 g/mol. The quantitative estimate of drug-likeness (QED) is 0.812. The molecule has 1 fully saturated rings. The fourth-order valence-corrected chi connectivity index (χ4v) is 2.83. The molecule has 4 nitrogen and oxygen atoms in total. The average Bonchev–Trinajstić information content (AvgIpc) is 2.71. The van der Waals surface area contributed by atoms with Crippen LogP contribution in [0, 0.1) is 17.6 Å². The average molecular weight is 340 g/mol. The third-order valence-electron chi connectivity index (χ3n) is 4.37. The second-order valence-corrected chi connectivity index (χ2v) is 5.60. The van der Waals surface area contributed by atoms with Crippen LogP contribution in [-0.4, -0.2) is 34.1 Å². The number of hydrogen-bond donors (Lipinski definition) is 2. The Morgan fingerprint density at radius 3 is 2.35 bits per heavy atom. The molecule has 1 aliphatic rings. The number of carboxylic acid groups (broad SMARTS) is 1. The van der Waals surface area contributed by atoms with Crippen molar-refractivity contribution >= 4 is 5.97 Å². The summed E-state index contributed by atoms with van der Waals surface area (Å²) < 4.78 is 71.0. The summed E-state index contributed by atoms with van der Waals surface area (Å²) in [5, 5.41) is 18.8. The first-order chi connectivity index (χ1) is 10.4. The molecule has 2 rings (SSSR count). The van der Waals surface area contributed by atoms with Crippen LogP contribution < -0.4 is 0 Å². The Labute approximate surface area is 127 Å². The topological polar surface area (TPSA) is 66.8 Å². The standard InChI is InChI=1S/C14H13F5O4/c1-5-8(6-3-4-7(15)9(16)10(6)20)11(12(21)22)23-13(5,2)14(17,18)19/h3-5,8,11,20H,1-2H3,(H,21,22)/t5-,8?,11?,13+/m0/s1. The number of phenols is 1. The molecule has 128 valence electrons. The zero-order valence-electron chi connectivity index (χ0n) is 12.0. The van der Waals surface area contributed by atoms with E-state index in [0.29, 0.717) is 13.0 Å². The van der Waals surface area contributed by atoms with E-state index in [2.05, 4.69) is 0 Å². The summed E-state index contributed by atoms with van der Waals surface area (Å²) in [6.07, 6.45) is -6.85. The van der Waals surface area contributed by atoms with E-state index in [1.807, 2.05) is 0 Å². The van der Waals surface area contributed by atoms with Crippen molar-refractivity contribution in [1.82, 2.24) is 0 Å². The number of benzene rings is 1. The van der Waals surface area contributed by atoms with Gasteiger partial charge in [0, 0.05) is 17.4 Å². The van der Waals surface area contributed by atoms with E-state index in [0.717, 1.165) is 13.0 Å². The molecule has 23 heavy (non-hydrogen) atoms. The van der Waals surface area contributed by atoms with Crippen LogP contribution in [0.1, 0.15) is 25.3 Å². The number of carboxylic acids is 1. The van der Waals surface area contributed by atoms with Gasteiger partial charge in [0.1, 0.15) is 0 Å². The van der Waals surface area contributed by atoms with Crippen LogP contribution in [0.2, 0.25) is 0 Å². The summed E-state index contributed by atoms with van der Waals surface area (Å²) in [7, 11) is 0. The molecule has 1 aliphatic heterocycles. The third-order valence-corrected chi connectivity index (χ3v) is 4.37. The van der Waals surface area contributed by atoms with E-state index >= 15 is 0 Å². The van der Waals surface area contributed by atoms with E-state index in [9.17, 15) is 31.9 Å². The van der Waals surface area contributed by atoms with Gasteiger partial charge in [0.25, 0.3) is 0 Å². The molecule has 1 aromatic rings. The van der Waals surface area contributed by atoms with Crippen LogP contribution in [0.15, 0.2) is 12.1 Å². The number of aromatic hydroxyl groups is 1. The molecular formula is C14H13F5O4. The summed E-state index contributed by atoms with van der Waals surface area (Å²) in [6, 6.07) is 1.47. The first-order valence-electron chi connectivity index (χ1n) is 6.56.